The van der Waals surface area contributed by atoms with Gasteiger partial charge in [0.15, 0.2) is 0 Å². The van der Waals surface area contributed by atoms with Crippen LogP contribution < -0.4 is 14.7 Å². The van der Waals surface area contributed by atoms with Crippen LogP contribution in [0.1, 0.15) is 41.7 Å². The van der Waals surface area contributed by atoms with Crippen LogP contribution in [0, 0.1) is 20.8 Å². The molecule has 1 aliphatic carbocycles. The maximum absolute atomic E-state index is 6.09. The van der Waals surface area contributed by atoms with E-state index < -0.39 is 0 Å². The second-order valence-electron chi connectivity index (χ2n) is 38.1. The first-order valence-corrected chi connectivity index (χ1v) is 49.4. The fourth-order valence-corrected chi connectivity index (χ4v) is 20.7. The van der Waals surface area contributed by atoms with Crippen LogP contribution in [0.5, 0.6) is 0 Å². The third-order valence-electron chi connectivity index (χ3n) is 28.5. The molecule has 0 unspecified atom stereocenters. The molecule has 686 valence electrons. The van der Waals surface area contributed by atoms with Crippen molar-refractivity contribution in [2.75, 3.05) is 14.7 Å². The lowest BCUT2D eigenvalue weighted by atomic mass is 9.82. The molecule has 22 aromatic carbocycles. The summed E-state index contributed by atoms with van der Waals surface area (Å²) in [6.45, 7) is 11.1. The van der Waals surface area contributed by atoms with Gasteiger partial charge in [-0.25, -0.2) is 0 Å². The number of hydrogen-bond acceptors (Lipinski definition) is 6. The molecule has 6 nitrogen and oxygen atoms in total. The number of fused-ring (bicyclic) bond motifs is 12. The van der Waals surface area contributed by atoms with Crippen molar-refractivity contribution in [3.05, 3.63) is 550 Å². The SMILES string of the molecule is Cc1ccc(-c2ccc(N(c3ccc(-c4ccc(-c5ccccc5)cc4)cc3)c3ccc(-c4ccc5oc6ccccc6c5c4)cc3)cc2)cc1.Cc1ccc(N(c2ccc(-c3cc(-c4ccccc4)cc(-c4ccccc4)c3)cc2)c2ccc(-c3ccc4oc5ccccc5c4c3)cc2)cc1.Cc1ccc(N(c2ccc(-c3ccc4oc5ccccc5c4c3)cc2)c2ccc3c(c2)C(C)(C)c2ccccc2-3)cc1. The number of anilines is 9. The van der Waals surface area contributed by atoms with E-state index in [0.29, 0.717) is 0 Å². The minimum absolute atomic E-state index is 0.0549. The topological polar surface area (TPSA) is 49.1 Å². The van der Waals surface area contributed by atoms with Crippen molar-refractivity contribution in [2.45, 2.75) is 40.0 Å². The van der Waals surface area contributed by atoms with Crippen molar-refractivity contribution in [3.8, 4) is 111 Å². The Balaban J connectivity index is 0.000000117. The van der Waals surface area contributed by atoms with Crippen molar-refractivity contribution in [3.63, 3.8) is 0 Å². The van der Waals surface area contributed by atoms with Gasteiger partial charge >= 0.3 is 0 Å². The molecule has 1 aliphatic rings. The monoisotopic (exact) mass is 1850 g/mol. The van der Waals surface area contributed by atoms with E-state index in [1.165, 1.54) is 122 Å². The number of furan rings is 3. The van der Waals surface area contributed by atoms with Crippen LogP contribution in [0.3, 0.4) is 0 Å². The Hall–Kier alpha value is -18.4. The summed E-state index contributed by atoms with van der Waals surface area (Å²) < 4.78 is 18.2. The summed E-state index contributed by atoms with van der Waals surface area (Å²) in [5, 5.41) is 6.86. The highest BCUT2D eigenvalue weighted by atomic mass is 16.3. The van der Waals surface area contributed by atoms with Gasteiger partial charge in [-0.05, 0) is 325 Å². The Morgan fingerprint density at radius 1 is 0.146 bits per heavy atom. The molecule has 0 N–H and O–H groups in total. The molecule has 3 heterocycles. The highest BCUT2D eigenvalue weighted by Gasteiger charge is 2.36. The van der Waals surface area contributed by atoms with E-state index in [0.717, 1.165) is 134 Å². The van der Waals surface area contributed by atoms with Crippen molar-refractivity contribution in [1.82, 2.24) is 0 Å². The van der Waals surface area contributed by atoms with Gasteiger partial charge in [0.1, 0.15) is 33.5 Å². The highest BCUT2D eigenvalue weighted by Crippen LogP contribution is 2.52. The second-order valence-corrected chi connectivity index (χ2v) is 38.1. The second kappa shape index (κ2) is 38.1. The van der Waals surface area contributed by atoms with E-state index in [9.17, 15) is 0 Å². The molecule has 26 rings (SSSR count). The zero-order chi connectivity index (χ0) is 96.7. The van der Waals surface area contributed by atoms with Gasteiger partial charge in [0, 0.05) is 88.9 Å². The predicted octanol–water partition coefficient (Wildman–Crippen LogP) is 39.4. The lowest BCUT2D eigenvalue weighted by Gasteiger charge is -2.28. The Bertz CT molecular complexity index is 8900. The maximum Gasteiger partial charge on any atom is 0.135 e. The summed E-state index contributed by atoms with van der Waals surface area (Å²) in [5.41, 5.74) is 46.1. The summed E-state index contributed by atoms with van der Waals surface area (Å²) in [4.78, 5) is 7.03. The average Bonchev–Trinajstić information content (AvgIpc) is 1.57. The van der Waals surface area contributed by atoms with Crippen LogP contribution in [0.4, 0.5) is 51.2 Å². The first-order valence-electron chi connectivity index (χ1n) is 49.4. The van der Waals surface area contributed by atoms with Crippen LogP contribution >= 0.6 is 0 Å². The molecule has 0 radical (unpaired) electrons. The number of benzene rings is 22. The minimum Gasteiger partial charge on any atom is -0.456 e. The minimum atomic E-state index is -0.0549. The van der Waals surface area contributed by atoms with Crippen molar-refractivity contribution in [1.29, 1.82) is 0 Å². The van der Waals surface area contributed by atoms with E-state index >= 15 is 0 Å². The first kappa shape index (κ1) is 88.3. The number of aryl methyl sites for hydroxylation is 3. The molecule has 0 aliphatic heterocycles. The molecule has 0 saturated heterocycles. The lowest BCUT2D eigenvalue weighted by Crippen LogP contribution is -2.16. The van der Waals surface area contributed by atoms with E-state index in [2.05, 4.69) is 535 Å². The van der Waals surface area contributed by atoms with Crippen LogP contribution in [0.15, 0.2) is 535 Å². The van der Waals surface area contributed by atoms with Gasteiger partial charge in [-0.15, -0.1) is 0 Å². The Labute approximate surface area is 839 Å². The normalized spacial score (nSPS) is 11.8. The smallest absolute Gasteiger partial charge is 0.135 e. The molecule has 25 aromatic rings. The largest absolute Gasteiger partial charge is 0.456 e. The molecule has 0 fully saturated rings. The van der Waals surface area contributed by atoms with Gasteiger partial charge in [-0.1, -0.05) is 370 Å². The quantitative estimate of drug-likeness (QED) is 0.0853. The fraction of sp³-hybridized carbons (Fsp3) is 0.0435. The molecule has 144 heavy (non-hydrogen) atoms. The molecule has 0 bridgehead atoms. The lowest BCUT2D eigenvalue weighted by molar-refractivity contribution is 0.660. The predicted molar refractivity (Wildman–Crippen MR) is 606 cm³/mol. The van der Waals surface area contributed by atoms with Crippen molar-refractivity contribution in [2.24, 2.45) is 0 Å². The zero-order valence-corrected chi connectivity index (χ0v) is 80.7. The number of para-hydroxylation sites is 3. The Morgan fingerprint density at radius 2 is 0.354 bits per heavy atom. The number of nitrogens with zero attached hydrogens (tertiary/aromatic N) is 3. The third-order valence-corrected chi connectivity index (χ3v) is 28.5. The fourth-order valence-electron chi connectivity index (χ4n) is 20.7. The summed E-state index contributed by atoms with van der Waals surface area (Å²) in [6.07, 6.45) is 0. The summed E-state index contributed by atoms with van der Waals surface area (Å²) in [6, 6.07) is 187. The molecular weight excluding hydrogens is 1750 g/mol. The highest BCUT2D eigenvalue weighted by molar-refractivity contribution is 6.09. The van der Waals surface area contributed by atoms with Gasteiger partial charge in [0.25, 0.3) is 0 Å². The first-order chi connectivity index (χ1) is 70.8. The van der Waals surface area contributed by atoms with Gasteiger partial charge in [0.2, 0.25) is 0 Å². The molecule has 0 saturated carbocycles. The zero-order valence-electron chi connectivity index (χ0n) is 80.7. The van der Waals surface area contributed by atoms with Gasteiger partial charge in [-0.2, -0.15) is 0 Å². The van der Waals surface area contributed by atoms with E-state index in [1.54, 1.807) is 0 Å². The third kappa shape index (κ3) is 17.5. The van der Waals surface area contributed by atoms with Gasteiger partial charge in [-0.3, -0.25) is 0 Å². The maximum atomic E-state index is 6.09. The summed E-state index contributed by atoms with van der Waals surface area (Å²) in [7, 11) is 0. The molecule has 3 aromatic heterocycles. The number of rotatable bonds is 18. The molecule has 0 spiro atoms. The Kier molecular flexibility index (Phi) is 23.4. The van der Waals surface area contributed by atoms with Gasteiger partial charge < -0.3 is 28.0 Å². The van der Waals surface area contributed by atoms with Gasteiger partial charge in [0.05, 0.1) is 0 Å². The van der Waals surface area contributed by atoms with Crippen LogP contribution in [-0.2, 0) is 5.41 Å². The van der Waals surface area contributed by atoms with E-state index in [4.69, 9.17) is 13.3 Å². The van der Waals surface area contributed by atoms with E-state index in [-0.39, 0.29) is 5.41 Å². The molecular formula is C138H101N3O3. The molecule has 0 amide bonds. The van der Waals surface area contributed by atoms with Crippen LogP contribution in [-0.4, -0.2) is 0 Å². The molecule has 0 atom stereocenters. The van der Waals surface area contributed by atoms with E-state index in [1.807, 2.05) is 36.4 Å². The molecule has 6 heteroatoms. The van der Waals surface area contributed by atoms with Crippen molar-refractivity contribution < 1.29 is 13.3 Å². The average molecular weight is 1850 g/mol. The Morgan fingerprint density at radius 3 is 0.681 bits per heavy atom. The van der Waals surface area contributed by atoms with Crippen LogP contribution in [0.25, 0.3) is 177 Å². The standard InChI is InChI=1S/2C49H35NO.C40H31NO/c1-34-16-23-43(24-17-34)50(44-25-18-37(19-26-44)39-22-29-49-47(33-39)46-14-8-9-15-48(46)51-49)45-27-20-38(21-28-45)42-31-40(35-10-4-2-5-11-35)30-41(32-42)36-12-6-3-7-13-36;1-34-11-13-36(14-12-34)39-19-26-43(27-20-39)50(44-28-21-40(22-29-44)38-17-15-37(16-18-38)35-7-3-2-4-8-35)45-30-23-41(24-31-45)42-25-32-49-47(33-42)46-9-5-6-10-48(46)51-49;1-26-12-17-29(18-13-26)41(31-21-22-33-32-8-4-6-10-36(32)40(2,3)37(33)25-31)30-19-14-27(15-20-30)28-16-23-39-35(24-28)34-9-5-7-11-38(34)42-39/h2*2-33H,1H3;4-25H,1-3H3. The summed E-state index contributed by atoms with van der Waals surface area (Å²) >= 11 is 0. The van der Waals surface area contributed by atoms with Crippen molar-refractivity contribution >= 4 is 117 Å². The summed E-state index contributed by atoms with van der Waals surface area (Å²) in [5.74, 6) is 0. The van der Waals surface area contributed by atoms with Crippen LogP contribution in [0.2, 0.25) is 0 Å². The number of hydrogen-bond donors (Lipinski definition) is 0.